The Morgan fingerprint density at radius 1 is 0.853 bits per heavy atom. The maximum Gasteiger partial charge on any atom is 0.490 e. The molecule has 0 aromatic heterocycles. The lowest BCUT2D eigenvalue weighted by Crippen LogP contribution is -2.21. The van der Waals surface area contributed by atoms with Crippen molar-refractivity contribution in [2.45, 2.75) is 38.5 Å². The van der Waals surface area contributed by atoms with Crippen LogP contribution in [0, 0.1) is 0 Å². The Morgan fingerprint density at radius 3 is 2.09 bits per heavy atom. The minimum Gasteiger partial charge on any atom is -0.494 e. The first-order valence-corrected chi connectivity index (χ1v) is 10.7. The van der Waals surface area contributed by atoms with Crippen molar-refractivity contribution in [2.24, 2.45) is 0 Å². The Kier molecular flexibility index (Phi) is 14.0. The van der Waals surface area contributed by atoms with Crippen LogP contribution in [0.3, 0.4) is 0 Å². The Morgan fingerprint density at radius 2 is 1.50 bits per heavy atom. The van der Waals surface area contributed by atoms with Gasteiger partial charge in [-0.1, -0.05) is 42.5 Å². The Hall–Kier alpha value is -3.11. The third kappa shape index (κ3) is 14.9. The lowest BCUT2D eigenvalue weighted by molar-refractivity contribution is -0.192. The molecule has 34 heavy (non-hydrogen) atoms. The second-order valence-corrected chi connectivity index (χ2v) is 7.18. The van der Waals surface area contributed by atoms with Crippen LogP contribution >= 0.6 is 0 Å². The summed E-state index contributed by atoms with van der Waals surface area (Å²) in [7, 11) is 0. The Labute approximate surface area is 196 Å². The molecular formula is C24H30F3NO6. The number of carboxylic acid groups (broad SMARTS) is 2. The number of nitrogens with one attached hydrogen (secondary N) is 1. The highest BCUT2D eigenvalue weighted by molar-refractivity contribution is 5.73. The maximum atomic E-state index is 10.6. The molecule has 0 atom stereocenters. The molecule has 3 N–H and O–H groups in total. The van der Waals surface area contributed by atoms with E-state index in [2.05, 4.69) is 29.6 Å². The van der Waals surface area contributed by atoms with Gasteiger partial charge in [0.15, 0.2) is 0 Å². The summed E-state index contributed by atoms with van der Waals surface area (Å²) in [5.74, 6) is -2.64. The molecule has 188 valence electrons. The van der Waals surface area contributed by atoms with Crippen LogP contribution in [-0.4, -0.2) is 54.6 Å². The molecule has 0 saturated carbocycles. The molecule has 0 saturated heterocycles. The summed E-state index contributed by atoms with van der Waals surface area (Å²) < 4.78 is 43.1. The van der Waals surface area contributed by atoms with Crippen LogP contribution in [0.15, 0.2) is 54.6 Å². The second-order valence-electron chi connectivity index (χ2n) is 7.18. The number of halogens is 3. The van der Waals surface area contributed by atoms with Crippen LogP contribution in [0.1, 0.15) is 30.4 Å². The zero-order chi connectivity index (χ0) is 25.2. The number of alkyl halides is 3. The maximum absolute atomic E-state index is 10.6. The van der Waals surface area contributed by atoms with Gasteiger partial charge in [0.1, 0.15) is 5.75 Å². The topological polar surface area (TPSA) is 105 Å². The minimum absolute atomic E-state index is 0.170. The van der Waals surface area contributed by atoms with Gasteiger partial charge in [0.05, 0.1) is 26.2 Å². The van der Waals surface area contributed by atoms with Gasteiger partial charge in [-0.25, -0.2) is 4.79 Å². The molecule has 10 heteroatoms. The predicted molar refractivity (Wildman–Crippen MR) is 120 cm³/mol. The lowest BCUT2D eigenvalue weighted by atomic mass is 10.1. The van der Waals surface area contributed by atoms with Gasteiger partial charge in [-0.3, -0.25) is 4.79 Å². The molecule has 0 bridgehead atoms. The van der Waals surface area contributed by atoms with E-state index in [0.717, 1.165) is 31.6 Å². The molecule has 0 aliphatic rings. The van der Waals surface area contributed by atoms with Crippen molar-refractivity contribution >= 4 is 11.9 Å². The molecule has 2 aromatic rings. The molecule has 2 rings (SSSR count). The molecular weight excluding hydrogens is 455 g/mol. The quantitative estimate of drug-likeness (QED) is 0.343. The minimum atomic E-state index is -5.08. The number of carbonyl (C=O) groups is 2. The lowest BCUT2D eigenvalue weighted by Gasteiger charge is -2.08. The zero-order valence-electron chi connectivity index (χ0n) is 18.7. The number of aryl methyl sites for hydroxylation is 1. The summed E-state index contributed by atoms with van der Waals surface area (Å²) in [5, 5.41) is 18.8. The third-order valence-electron chi connectivity index (χ3n) is 4.31. The fourth-order valence-corrected chi connectivity index (χ4v) is 2.61. The number of aliphatic carboxylic acids is 2. The highest BCUT2D eigenvalue weighted by atomic mass is 19.4. The zero-order valence-corrected chi connectivity index (χ0v) is 18.7. The van der Waals surface area contributed by atoms with E-state index >= 15 is 0 Å². The van der Waals surface area contributed by atoms with Crippen LogP contribution in [0.25, 0.3) is 0 Å². The van der Waals surface area contributed by atoms with E-state index in [-0.39, 0.29) is 6.42 Å². The highest BCUT2D eigenvalue weighted by Gasteiger charge is 2.38. The summed E-state index contributed by atoms with van der Waals surface area (Å²) >= 11 is 0. The average Bonchev–Trinajstić information content (AvgIpc) is 2.79. The van der Waals surface area contributed by atoms with Gasteiger partial charge in [-0.2, -0.15) is 13.2 Å². The molecule has 2 aromatic carbocycles. The molecule has 0 spiro atoms. The van der Waals surface area contributed by atoms with Gasteiger partial charge in [-0.15, -0.1) is 0 Å². The summed E-state index contributed by atoms with van der Waals surface area (Å²) in [5.41, 5.74) is 2.44. The van der Waals surface area contributed by atoms with E-state index in [4.69, 9.17) is 24.5 Å². The van der Waals surface area contributed by atoms with Crippen molar-refractivity contribution in [3.63, 3.8) is 0 Å². The van der Waals surface area contributed by atoms with Crippen molar-refractivity contribution in [1.82, 2.24) is 5.32 Å². The molecule has 0 aliphatic carbocycles. The van der Waals surface area contributed by atoms with Crippen LogP contribution in [0.2, 0.25) is 0 Å². The molecule has 0 amide bonds. The standard InChI is InChI=1S/C22H29NO4.C2HF3O2/c24-22(25)13-15-23-14-4-8-19-9-11-21(12-10-19)27-17-5-16-26-18-20-6-2-1-3-7-20;3-2(4,5)1(6)7/h1-3,6-7,9-12,23H,4-5,8,13-18H2,(H,24,25);(H,6,7). The second kappa shape index (κ2) is 16.5. The summed E-state index contributed by atoms with van der Waals surface area (Å²) in [4.78, 5) is 19.3. The van der Waals surface area contributed by atoms with Crippen molar-refractivity contribution in [2.75, 3.05) is 26.3 Å². The van der Waals surface area contributed by atoms with Gasteiger partial charge >= 0.3 is 18.1 Å². The molecule has 0 heterocycles. The largest absolute Gasteiger partial charge is 0.494 e. The molecule has 0 aliphatic heterocycles. The van der Waals surface area contributed by atoms with E-state index in [1.165, 1.54) is 11.1 Å². The summed E-state index contributed by atoms with van der Waals surface area (Å²) in [6.45, 7) is 3.32. The Bertz CT molecular complexity index is 829. The molecule has 7 nitrogen and oxygen atoms in total. The fourth-order valence-electron chi connectivity index (χ4n) is 2.61. The van der Waals surface area contributed by atoms with Gasteiger partial charge in [0, 0.05) is 13.0 Å². The van der Waals surface area contributed by atoms with Gasteiger partial charge < -0.3 is 25.0 Å². The van der Waals surface area contributed by atoms with E-state index in [0.29, 0.717) is 26.4 Å². The van der Waals surface area contributed by atoms with Gasteiger partial charge in [-0.05, 0) is 42.6 Å². The fraction of sp³-hybridized carbons (Fsp3) is 0.417. The monoisotopic (exact) mass is 485 g/mol. The number of hydrogen-bond acceptors (Lipinski definition) is 5. The number of carboxylic acids is 2. The summed E-state index contributed by atoms with van der Waals surface area (Å²) in [6.07, 6.45) is -2.10. The first-order chi connectivity index (χ1) is 16.2. The van der Waals surface area contributed by atoms with Crippen molar-refractivity contribution < 1.29 is 42.4 Å². The van der Waals surface area contributed by atoms with Crippen molar-refractivity contribution in [3.05, 3.63) is 65.7 Å². The van der Waals surface area contributed by atoms with Gasteiger partial charge in [0.25, 0.3) is 0 Å². The first-order valence-electron chi connectivity index (χ1n) is 10.7. The van der Waals surface area contributed by atoms with Crippen molar-refractivity contribution in [3.8, 4) is 5.75 Å². The first kappa shape index (κ1) is 28.9. The number of benzene rings is 2. The van der Waals surface area contributed by atoms with Crippen molar-refractivity contribution in [1.29, 1.82) is 0 Å². The predicted octanol–water partition coefficient (Wildman–Crippen LogP) is 4.30. The van der Waals surface area contributed by atoms with Crippen LogP contribution < -0.4 is 10.1 Å². The third-order valence-corrected chi connectivity index (χ3v) is 4.31. The van der Waals surface area contributed by atoms with Crippen LogP contribution in [0.4, 0.5) is 13.2 Å². The highest BCUT2D eigenvalue weighted by Crippen LogP contribution is 2.14. The van der Waals surface area contributed by atoms with Crippen LogP contribution in [-0.2, 0) is 27.4 Å². The number of ether oxygens (including phenoxy) is 2. The summed E-state index contributed by atoms with van der Waals surface area (Å²) in [6, 6.07) is 18.3. The Balaban J connectivity index is 0.000000718. The number of rotatable bonds is 14. The van der Waals surface area contributed by atoms with E-state index in [9.17, 15) is 18.0 Å². The van der Waals surface area contributed by atoms with E-state index in [1.54, 1.807) is 0 Å². The molecule has 0 unspecified atom stereocenters. The van der Waals surface area contributed by atoms with E-state index in [1.807, 2.05) is 30.3 Å². The molecule has 0 radical (unpaired) electrons. The smallest absolute Gasteiger partial charge is 0.490 e. The average molecular weight is 485 g/mol. The number of hydrogen-bond donors (Lipinski definition) is 3. The SMILES string of the molecule is O=C(O)C(F)(F)F.O=C(O)CCNCCCc1ccc(OCCCOCc2ccccc2)cc1. The van der Waals surface area contributed by atoms with E-state index < -0.39 is 18.1 Å². The van der Waals surface area contributed by atoms with Crippen LogP contribution in [0.5, 0.6) is 5.75 Å². The van der Waals surface area contributed by atoms with Gasteiger partial charge in [0.2, 0.25) is 0 Å². The molecule has 0 fully saturated rings. The normalized spacial score (nSPS) is 10.8.